The first kappa shape index (κ1) is 16.4. The van der Waals surface area contributed by atoms with Gasteiger partial charge in [0.2, 0.25) is 10.0 Å². The molecular formula is C16H25NO3S2. The molecule has 0 spiro atoms. The van der Waals surface area contributed by atoms with Gasteiger partial charge >= 0.3 is 0 Å². The van der Waals surface area contributed by atoms with E-state index in [0.717, 1.165) is 12.8 Å². The van der Waals surface area contributed by atoms with Gasteiger partial charge < -0.3 is 4.74 Å². The van der Waals surface area contributed by atoms with Gasteiger partial charge in [0.15, 0.2) is 0 Å². The Morgan fingerprint density at radius 2 is 1.95 bits per heavy atom. The van der Waals surface area contributed by atoms with Crippen molar-refractivity contribution < 1.29 is 13.2 Å². The zero-order valence-corrected chi connectivity index (χ0v) is 14.6. The summed E-state index contributed by atoms with van der Waals surface area (Å²) in [4.78, 5) is 1.34. The van der Waals surface area contributed by atoms with Gasteiger partial charge in [0.1, 0.15) is 0 Å². The second kappa shape index (κ2) is 6.99. The van der Waals surface area contributed by atoms with Crippen LogP contribution in [0.25, 0.3) is 0 Å². The molecule has 0 atom stereocenters. The summed E-state index contributed by atoms with van der Waals surface area (Å²) in [5.74, 6) is 0. The molecule has 124 valence electrons. The van der Waals surface area contributed by atoms with Gasteiger partial charge in [0.05, 0.1) is 5.25 Å². The zero-order chi connectivity index (χ0) is 15.5. The minimum absolute atomic E-state index is 0.00462. The lowest BCUT2D eigenvalue weighted by atomic mass is 9.73. The van der Waals surface area contributed by atoms with Crippen LogP contribution in [0.4, 0.5) is 0 Å². The molecule has 4 nitrogen and oxygen atoms in total. The molecule has 1 saturated heterocycles. The van der Waals surface area contributed by atoms with E-state index in [2.05, 4.69) is 22.2 Å². The van der Waals surface area contributed by atoms with Crippen LogP contribution in [-0.2, 0) is 20.2 Å². The average Bonchev–Trinajstić information content (AvgIpc) is 3.10. The third-order valence-corrected chi connectivity index (χ3v) is 8.09. The summed E-state index contributed by atoms with van der Waals surface area (Å²) in [6, 6.07) is 4.24. The third kappa shape index (κ3) is 3.55. The molecule has 6 heteroatoms. The smallest absolute Gasteiger partial charge is 0.214 e. The maximum Gasteiger partial charge on any atom is 0.214 e. The van der Waals surface area contributed by atoms with Crippen molar-refractivity contribution in [2.45, 2.75) is 55.6 Å². The second-order valence-corrected chi connectivity index (χ2v) is 9.49. The van der Waals surface area contributed by atoms with Crippen LogP contribution in [0.3, 0.4) is 0 Å². The summed E-state index contributed by atoms with van der Waals surface area (Å²) in [6.07, 6.45) is 7.05. The molecule has 2 fully saturated rings. The zero-order valence-electron chi connectivity index (χ0n) is 12.9. The highest BCUT2D eigenvalue weighted by Crippen LogP contribution is 2.41. The number of hydrogen-bond donors (Lipinski definition) is 1. The molecule has 1 aliphatic heterocycles. The minimum atomic E-state index is -3.24. The lowest BCUT2D eigenvalue weighted by Gasteiger charge is -2.37. The highest BCUT2D eigenvalue weighted by Gasteiger charge is 2.37. The van der Waals surface area contributed by atoms with E-state index in [1.165, 1.54) is 24.1 Å². The summed E-state index contributed by atoms with van der Waals surface area (Å²) in [7, 11) is -3.24. The Hall–Kier alpha value is -0.430. The maximum absolute atomic E-state index is 12.6. The Labute approximate surface area is 137 Å². The number of thiophene rings is 1. The largest absolute Gasteiger partial charge is 0.381 e. The molecular weight excluding hydrogens is 318 g/mol. The topological polar surface area (TPSA) is 55.4 Å². The Bertz CT molecular complexity index is 556. The summed E-state index contributed by atoms with van der Waals surface area (Å²) in [5.41, 5.74) is 0.00462. The number of ether oxygens (including phenoxy) is 1. The fourth-order valence-electron chi connectivity index (χ4n) is 3.66. The summed E-state index contributed by atoms with van der Waals surface area (Å²) in [5, 5.41) is 1.81. The molecule has 0 radical (unpaired) electrons. The lowest BCUT2D eigenvalue weighted by molar-refractivity contribution is 0.0981. The van der Waals surface area contributed by atoms with Crippen molar-refractivity contribution >= 4 is 21.4 Å². The van der Waals surface area contributed by atoms with Crippen LogP contribution in [0, 0.1) is 0 Å². The van der Waals surface area contributed by atoms with E-state index in [0.29, 0.717) is 32.6 Å². The van der Waals surface area contributed by atoms with Crippen molar-refractivity contribution in [2.24, 2.45) is 0 Å². The van der Waals surface area contributed by atoms with Crippen LogP contribution in [0.5, 0.6) is 0 Å². The van der Waals surface area contributed by atoms with E-state index in [1.807, 2.05) is 0 Å². The normalized spacial score (nSPS) is 23.5. The van der Waals surface area contributed by atoms with Gasteiger partial charge in [-0.15, -0.1) is 11.3 Å². The van der Waals surface area contributed by atoms with Crippen LogP contribution in [-0.4, -0.2) is 33.4 Å². The molecule has 0 unspecified atom stereocenters. The van der Waals surface area contributed by atoms with E-state index < -0.39 is 10.0 Å². The molecule has 0 aromatic carbocycles. The molecule has 0 bridgehead atoms. The minimum Gasteiger partial charge on any atom is -0.381 e. The van der Waals surface area contributed by atoms with Gasteiger partial charge in [-0.05, 0) is 37.1 Å². The van der Waals surface area contributed by atoms with Gasteiger partial charge in [-0.1, -0.05) is 25.3 Å². The van der Waals surface area contributed by atoms with Crippen molar-refractivity contribution in [3.05, 3.63) is 22.4 Å². The van der Waals surface area contributed by atoms with E-state index in [9.17, 15) is 8.42 Å². The number of rotatable bonds is 5. The molecule has 1 N–H and O–H groups in total. The fraction of sp³-hybridized carbons (Fsp3) is 0.750. The van der Waals surface area contributed by atoms with Crippen LogP contribution < -0.4 is 4.72 Å². The Kier molecular flexibility index (Phi) is 5.22. The molecule has 1 saturated carbocycles. The highest BCUT2D eigenvalue weighted by atomic mass is 32.2. The van der Waals surface area contributed by atoms with E-state index >= 15 is 0 Å². The monoisotopic (exact) mass is 343 g/mol. The first-order valence-corrected chi connectivity index (χ1v) is 10.7. The van der Waals surface area contributed by atoms with Crippen LogP contribution in [0.1, 0.15) is 49.8 Å². The van der Waals surface area contributed by atoms with Gasteiger partial charge in [0.25, 0.3) is 0 Å². The number of hydrogen-bond acceptors (Lipinski definition) is 4. The van der Waals surface area contributed by atoms with Crippen LogP contribution >= 0.6 is 11.3 Å². The third-order valence-electron chi connectivity index (χ3n) is 5.07. The molecule has 1 aromatic heterocycles. The van der Waals surface area contributed by atoms with Gasteiger partial charge in [-0.2, -0.15) is 0 Å². The van der Waals surface area contributed by atoms with Crippen molar-refractivity contribution in [3.63, 3.8) is 0 Å². The first-order chi connectivity index (χ1) is 10.6. The van der Waals surface area contributed by atoms with Gasteiger partial charge in [0, 0.05) is 30.1 Å². The maximum atomic E-state index is 12.6. The Morgan fingerprint density at radius 1 is 1.23 bits per heavy atom. The second-order valence-electron chi connectivity index (χ2n) is 6.50. The number of sulfonamides is 1. The molecule has 1 aromatic rings. The van der Waals surface area contributed by atoms with Gasteiger partial charge in [-0.3, -0.25) is 0 Å². The predicted molar refractivity (Wildman–Crippen MR) is 89.8 cm³/mol. The quantitative estimate of drug-likeness (QED) is 0.894. The molecule has 22 heavy (non-hydrogen) atoms. The van der Waals surface area contributed by atoms with Crippen molar-refractivity contribution in [3.8, 4) is 0 Å². The predicted octanol–water partition coefficient (Wildman–Crippen LogP) is 3.05. The lowest BCUT2D eigenvalue weighted by Crippen LogP contribution is -2.45. The van der Waals surface area contributed by atoms with E-state index in [1.54, 1.807) is 11.3 Å². The SMILES string of the molecule is O=S(=O)(NCC1(c2cccs2)CCCCC1)C1CCOCC1. The molecule has 2 aliphatic rings. The summed E-state index contributed by atoms with van der Waals surface area (Å²) in [6.45, 7) is 1.66. The number of nitrogens with one attached hydrogen (secondary N) is 1. The Morgan fingerprint density at radius 3 is 2.59 bits per heavy atom. The van der Waals surface area contributed by atoms with Crippen molar-refractivity contribution in [1.82, 2.24) is 4.72 Å². The standard InChI is InChI=1S/C16H25NO3S2/c18-22(19,14-6-10-20-11-7-14)17-13-16(8-2-1-3-9-16)15-5-4-12-21-15/h4-5,12,14,17H,1-3,6-11,13H2. The fourth-order valence-corrected chi connectivity index (χ4v) is 6.18. The molecule has 0 amide bonds. The van der Waals surface area contributed by atoms with Gasteiger partial charge in [-0.25, -0.2) is 13.1 Å². The molecule has 3 rings (SSSR count). The van der Waals surface area contributed by atoms with E-state index in [4.69, 9.17) is 4.74 Å². The highest BCUT2D eigenvalue weighted by molar-refractivity contribution is 7.90. The molecule has 1 aliphatic carbocycles. The van der Waals surface area contributed by atoms with Crippen LogP contribution in [0.2, 0.25) is 0 Å². The average molecular weight is 344 g/mol. The van der Waals surface area contributed by atoms with E-state index in [-0.39, 0.29) is 10.7 Å². The van der Waals surface area contributed by atoms with Crippen molar-refractivity contribution in [1.29, 1.82) is 0 Å². The first-order valence-electron chi connectivity index (χ1n) is 8.23. The summed E-state index contributed by atoms with van der Waals surface area (Å²) < 4.78 is 33.4. The summed E-state index contributed by atoms with van der Waals surface area (Å²) >= 11 is 1.76. The van der Waals surface area contributed by atoms with Crippen molar-refractivity contribution in [2.75, 3.05) is 19.8 Å². The molecule has 2 heterocycles. The Balaban J connectivity index is 1.71. The van der Waals surface area contributed by atoms with Crippen LogP contribution in [0.15, 0.2) is 17.5 Å².